The summed E-state index contributed by atoms with van der Waals surface area (Å²) in [5.41, 5.74) is 1.36. The van der Waals surface area contributed by atoms with Gasteiger partial charge in [-0.3, -0.25) is 28.8 Å². The van der Waals surface area contributed by atoms with Crippen molar-refractivity contribution in [3.05, 3.63) is 36.0 Å². The summed E-state index contributed by atoms with van der Waals surface area (Å²) < 4.78 is 0. The Morgan fingerprint density at radius 2 is 1.60 bits per heavy atom. The van der Waals surface area contributed by atoms with E-state index < -0.39 is 91.3 Å². The van der Waals surface area contributed by atoms with Gasteiger partial charge in [0.05, 0.1) is 25.6 Å². The fourth-order valence-electron chi connectivity index (χ4n) is 5.12. The van der Waals surface area contributed by atoms with Gasteiger partial charge >= 0.3 is 11.9 Å². The van der Waals surface area contributed by atoms with E-state index in [9.17, 15) is 48.9 Å². The van der Waals surface area contributed by atoms with Crippen LogP contribution >= 0.6 is 0 Å². The van der Waals surface area contributed by atoms with Crippen molar-refractivity contribution >= 4 is 52.4 Å². The number of aromatic nitrogens is 1. The van der Waals surface area contributed by atoms with E-state index in [-0.39, 0.29) is 12.8 Å². The number of para-hydroxylation sites is 1. The summed E-state index contributed by atoms with van der Waals surface area (Å²) in [5, 5.41) is 44.2. The molecule has 1 aromatic carbocycles. The highest BCUT2D eigenvalue weighted by Gasteiger charge is 2.31. The zero-order valence-electron chi connectivity index (χ0n) is 25.8. The lowest BCUT2D eigenvalue weighted by Gasteiger charge is -2.23. The molecule has 0 radical (unpaired) electrons. The topological polar surface area (TPSA) is 268 Å². The number of carboxylic acids is 2. The van der Waals surface area contributed by atoms with Gasteiger partial charge in [-0.2, -0.15) is 0 Å². The van der Waals surface area contributed by atoms with Crippen LogP contribution in [0.5, 0.6) is 0 Å². The van der Waals surface area contributed by atoms with Gasteiger partial charge in [0.15, 0.2) is 0 Å². The molecule has 17 nitrogen and oxygen atoms in total. The van der Waals surface area contributed by atoms with Gasteiger partial charge < -0.3 is 52.2 Å². The number of nitrogens with one attached hydrogen (secondary N) is 7. The van der Waals surface area contributed by atoms with E-state index in [1.54, 1.807) is 37.4 Å². The highest BCUT2D eigenvalue weighted by Crippen LogP contribution is 2.19. The van der Waals surface area contributed by atoms with Crippen LogP contribution in [0.15, 0.2) is 30.5 Å². The highest BCUT2D eigenvalue weighted by molar-refractivity contribution is 5.96. The molecule has 0 spiro atoms. The van der Waals surface area contributed by atoms with Gasteiger partial charge in [-0.1, -0.05) is 31.5 Å². The van der Waals surface area contributed by atoms with Crippen molar-refractivity contribution in [2.75, 3.05) is 19.7 Å². The van der Waals surface area contributed by atoms with Gasteiger partial charge in [0.2, 0.25) is 29.5 Å². The van der Waals surface area contributed by atoms with Crippen molar-refractivity contribution < 1.29 is 48.9 Å². The van der Waals surface area contributed by atoms with Gasteiger partial charge in [0.1, 0.15) is 24.2 Å². The number of fused-ring (bicyclic) bond motifs is 1. The average Bonchev–Trinajstić information content (AvgIpc) is 3.72. The van der Waals surface area contributed by atoms with Gasteiger partial charge in [0.25, 0.3) is 0 Å². The van der Waals surface area contributed by atoms with Gasteiger partial charge in [0, 0.05) is 23.5 Å². The Kier molecular flexibility index (Phi) is 13.7. The molecule has 0 saturated carbocycles. The maximum absolute atomic E-state index is 13.0. The Balaban J connectivity index is 1.57. The summed E-state index contributed by atoms with van der Waals surface area (Å²) in [6.07, 6.45) is 2.56. The number of rotatable bonds is 18. The van der Waals surface area contributed by atoms with Gasteiger partial charge in [-0.05, 0) is 37.4 Å². The third-order valence-electron chi connectivity index (χ3n) is 7.57. The predicted octanol–water partition coefficient (Wildman–Crippen LogP) is -2.13. The number of H-pyrrole nitrogens is 1. The van der Waals surface area contributed by atoms with Crippen LogP contribution < -0.4 is 31.9 Å². The number of aliphatic hydroxyl groups is 1. The number of carbonyl (C=O) groups is 7. The molecule has 1 aliphatic heterocycles. The Morgan fingerprint density at radius 1 is 0.894 bits per heavy atom. The fraction of sp³-hybridized carbons (Fsp3) is 0.500. The van der Waals surface area contributed by atoms with E-state index in [0.29, 0.717) is 24.9 Å². The molecule has 1 saturated heterocycles. The number of carboxylic acid groups (broad SMARTS) is 2. The second-order valence-corrected chi connectivity index (χ2v) is 11.1. The molecule has 47 heavy (non-hydrogen) atoms. The summed E-state index contributed by atoms with van der Waals surface area (Å²) in [6, 6.07) is 1.06. The van der Waals surface area contributed by atoms with Crippen molar-refractivity contribution in [3.8, 4) is 0 Å². The molecule has 0 unspecified atom stereocenters. The Morgan fingerprint density at radius 3 is 2.23 bits per heavy atom. The quantitative estimate of drug-likeness (QED) is 0.0826. The maximum atomic E-state index is 13.0. The van der Waals surface area contributed by atoms with Gasteiger partial charge in [-0.15, -0.1) is 0 Å². The van der Waals surface area contributed by atoms with Gasteiger partial charge in [-0.25, -0.2) is 4.79 Å². The minimum absolute atomic E-state index is 0.127. The predicted molar refractivity (Wildman–Crippen MR) is 166 cm³/mol. The first-order valence-electron chi connectivity index (χ1n) is 15.2. The van der Waals surface area contributed by atoms with Crippen LogP contribution in [-0.4, -0.2) is 112 Å². The molecule has 1 fully saturated rings. The largest absolute Gasteiger partial charge is 0.481 e. The number of carbonyl (C=O) groups excluding carboxylic acids is 5. The monoisotopic (exact) mass is 659 g/mol. The summed E-state index contributed by atoms with van der Waals surface area (Å²) in [7, 11) is 0. The lowest BCUT2D eigenvalue weighted by atomic mass is 10.0. The number of hydrogen-bond donors (Lipinski definition) is 10. The van der Waals surface area contributed by atoms with E-state index in [0.717, 1.165) is 17.3 Å². The van der Waals surface area contributed by atoms with Crippen LogP contribution in [0.3, 0.4) is 0 Å². The van der Waals surface area contributed by atoms with E-state index in [4.69, 9.17) is 0 Å². The van der Waals surface area contributed by atoms with Crippen molar-refractivity contribution in [2.45, 2.75) is 75.7 Å². The van der Waals surface area contributed by atoms with Crippen LogP contribution in [0, 0.1) is 0 Å². The average molecular weight is 660 g/mol. The normalized spacial score (nSPS) is 16.7. The molecule has 17 heteroatoms. The Bertz CT molecular complexity index is 1460. The van der Waals surface area contributed by atoms with Crippen molar-refractivity contribution in [1.82, 2.24) is 36.9 Å². The number of aliphatic hydroxyl groups excluding tert-OH is 1. The number of aliphatic carboxylic acids is 2. The van der Waals surface area contributed by atoms with Crippen molar-refractivity contribution in [3.63, 3.8) is 0 Å². The fourth-order valence-corrected chi connectivity index (χ4v) is 5.12. The van der Waals surface area contributed by atoms with Crippen LogP contribution in [0.25, 0.3) is 10.9 Å². The third kappa shape index (κ3) is 10.8. The van der Waals surface area contributed by atoms with Crippen molar-refractivity contribution in [1.29, 1.82) is 0 Å². The van der Waals surface area contributed by atoms with Crippen LogP contribution in [0.1, 0.15) is 44.6 Å². The van der Waals surface area contributed by atoms with Crippen LogP contribution in [0.4, 0.5) is 0 Å². The molecular formula is C30H41N7O10. The lowest BCUT2D eigenvalue weighted by Crippen LogP contribution is -2.57. The third-order valence-corrected chi connectivity index (χ3v) is 7.57. The summed E-state index contributed by atoms with van der Waals surface area (Å²) in [6.45, 7) is 0.971. The molecule has 5 amide bonds. The van der Waals surface area contributed by atoms with E-state index in [1.807, 2.05) is 0 Å². The second-order valence-electron chi connectivity index (χ2n) is 11.1. The molecule has 256 valence electrons. The molecule has 2 heterocycles. The minimum atomic E-state index is -1.67. The highest BCUT2D eigenvalue weighted by atomic mass is 16.4. The molecule has 1 aliphatic rings. The first-order chi connectivity index (χ1) is 22.4. The first-order valence-corrected chi connectivity index (χ1v) is 15.2. The zero-order chi connectivity index (χ0) is 34.5. The number of benzene rings is 1. The SMILES string of the molecule is CCC[C@H](NC(=O)[C@H](CO)NC(=O)[C@@H]1CCCN1)C(=O)NCC(=O)N[C@@H](CC(=O)O)C(=O)N[C@@H](Cc1c[nH]c2ccccc12)C(=O)O. The molecule has 5 atom stereocenters. The Labute approximate surface area is 269 Å². The van der Waals surface area contributed by atoms with Crippen molar-refractivity contribution in [2.24, 2.45) is 0 Å². The molecule has 1 aromatic heterocycles. The van der Waals surface area contributed by atoms with E-state index in [2.05, 4.69) is 36.9 Å². The molecule has 2 aromatic rings. The summed E-state index contributed by atoms with van der Waals surface area (Å²) in [5.74, 6) is -6.88. The lowest BCUT2D eigenvalue weighted by molar-refractivity contribution is -0.143. The van der Waals surface area contributed by atoms with Crippen LogP contribution in [-0.2, 0) is 40.0 Å². The minimum Gasteiger partial charge on any atom is -0.481 e. The molecular weight excluding hydrogens is 618 g/mol. The number of amides is 5. The summed E-state index contributed by atoms with van der Waals surface area (Å²) >= 11 is 0. The standard InChI is InChI=1S/C30H41N7O10/c1-2-6-20(35-29(45)23(15-38)37-27(43)19-9-5-10-31-19)26(42)33-14-24(39)34-21(12-25(40)41)28(44)36-22(30(46)47)11-16-13-32-18-8-4-3-7-17(16)18/h3-4,7-8,13,19-23,31-32,38H,2,5-6,9-12,14-15H2,1H3,(H,33,42)(H,34,39)(H,35,45)(H,36,44)(H,37,43)(H,40,41)(H,46,47)/t19-,20-,21-,22-,23-/m0/s1. The number of aromatic amines is 1. The second kappa shape index (κ2) is 17.6. The molecule has 0 aliphatic carbocycles. The zero-order valence-corrected chi connectivity index (χ0v) is 25.8. The van der Waals surface area contributed by atoms with E-state index in [1.165, 1.54) is 0 Å². The van der Waals surface area contributed by atoms with E-state index >= 15 is 0 Å². The first kappa shape index (κ1) is 36.4. The summed E-state index contributed by atoms with van der Waals surface area (Å²) in [4.78, 5) is 90.1. The molecule has 10 N–H and O–H groups in total. The van der Waals surface area contributed by atoms with Crippen LogP contribution in [0.2, 0.25) is 0 Å². The molecule has 0 bridgehead atoms. The maximum Gasteiger partial charge on any atom is 0.326 e. The number of hydrogen-bond acceptors (Lipinski definition) is 9. The Hall–Kier alpha value is -5.03. The molecule has 3 rings (SSSR count). The smallest absolute Gasteiger partial charge is 0.326 e.